The van der Waals surface area contributed by atoms with E-state index in [2.05, 4.69) is 51.2 Å². The third kappa shape index (κ3) is 2.81. The van der Waals surface area contributed by atoms with Crippen LogP contribution in [0.15, 0.2) is 24.3 Å². The molecule has 3 aliphatic rings. The van der Waals surface area contributed by atoms with E-state index in [9.17, 15) is 0 Å². The molecule has 137 valence electrons. The van der Waals surface area contributed by atoms with E-state index in [1.54, 1.807) is 0 Å². The number of rotatable bonds is 3. The van der Waals surface area contributed by atoms with Gasteiger partial charge in [0.25, 0.3) is 0 Å². The van der Waals surface area contributed by atoms with E-state index in [1.807, 2.05) is 0 Å². The Bertz CT molecular complexity index is 638. The molecule has 25 heavy (non-hydrogen) atoms. The van der Waals surface area contributed by atoms with Crippen LogP contribution in [0.25, 0.3) is 0 Å². The van der Waals surface area contributed by atoms with Gasteiger partial charge in [0.2, 0.25) is 9.04 Å². The van der Waals surface area contributed by atoms with Crippen molar-refractivity contribution in [3.05, 3.63) is 35.4 Å². The zero-order valence-corrected chi connectivity index (χ0v) is 16.8. The molecule has 2 unspecified atom stereocenters. The van der Waals surface area contributed by atoms with Crippen LogP contribution in [0.1, 0.15) is 50.3 Å². The van der Waals surface area contributed by atoms with Gasteiger partial charge in [-0.1, -0.05) is 38.1 Å². The van der Waals surface area contributed by atoms with E-state index < -0.39 is 14.8 Å². The number of hydrogen-bond donors (Lipinski definition) is 0. The van der Waals surface area contributed by atoms with Crippen LogP contribution in [-0.2, 0) is 24.2 Å². The summed E-state index contributed by atoms with van der Waals surface area (Å²) < 4.78 is 24.9. The average molecular weight is 362 g/mol. The van der Waals surface area contributed by atoms with Crippen molar-refractivity contribution in [3.8, 4) is 0 Å². The Kier molecular flexibility index (Phi) is 4.36. The zero-order valence-electron chi connectivity index (χ0n) is 15.8. The van der Waals surface area contributed by atoms with Crippen LogP contribution < -0.4 is 0 Å². The van der Waals surface area contributed by atoms with E-state index in [0.717, 1.165) is 19.3 Å². The highest BCUT2D eigenvalue weighted by Gasteiger charge is 2.60. The van der Waals surface area contributed by atoms with E-state index in [0.29, 0.717) is 19.8 Å². The second-order valence-electron chi connectivity index (χ2n) is 8.42. The molecule has 1 aromatic carbocycles. The highest BCUT2D eigenvalue weighted by molar-refractivity contribution is 6.48. The van der Waals surface area contributed by atoms with Crippen LogP contribution in [0.2, 0.25) is 13.1 Å². The molecule has 2 heterocycles. The van der Waals surface area contributed by atoms with Gasteiger partial charge in [-0.15, -0.1) is 0 Å². The van der Waals surface area contributed by atoms with Crippen LogP contribution in [0.4, 0.5) is 0 Å². The molecule has 5 heteroatoms. The Morgan fingerprint density at radius 3 is 2.52 bits per heavy atom. The summed E-state index contributed by atoms with van der Waals surface area (Å²) in [7, 11) is -0.725. The minimum Gasteiger partial charge on any atom is -0.414 e. The number of benzene rings is 1. The molecule has 1 saturated heterocycles. The Balaban J connectivity index is 1.64. The fourth-order valence-corrected chi connectivity index (χ4v) is 5.40. The maximum atomic E-state index is 6.73. The van der Waals surface area contributed by atoms with E-state index in [4.69, 9.17) is 18.6 Å². The van der Waals surface area contributed by atoms with Gasteiger partial charge >= 0.3 is 0 Å². The van der Waals surface area contributed by atoms with Crippen LogP contribution in [0, 0.1) is 5.41 Å². The first-order valence-corrected chi connectivity index (χ1v) is 11.8. The molecule has 0 amide bonds. The lowest BCUT2D eigenvalue weighted by Crippen LogP contribution is -2.54. The summed E-state index contributed by atoms with van der Waals surface area (Å²) >= 11 is 0. The van der Waals surface area contributed by atoms with Gasteiger partial charge in [0.15, 0.2) is 5.79 Å². The highest BCUT2D eigenvalue weighted by atomic mass is 28.3. The number of fused-ring (bicyclic) bond motifs is 2. The van der Waals surface area contributed by atoms with Crippen LogP contribution in [0.3, 0.4) is 0 Å². The molecule has 0 aromatic heterocycles. The smallest absolute Gasteiger partial charge is 0.205 e. The molecule has 1 aromatic rings. The standard InChI is InChI=1S/C20H29O4Si/c1-18(2)14-19(9-10-20(18)21-11-12-22-20)16-8-6-5-7-15(16)17(24-19)13-23-25(3)4/h5-8,17H,9-14H2,1-4H3. The predicted octanol–water partition coefficient (Wildman–Crippen LogP) is 4.17. The summed E-state index contributed by atoms with van der Waals surface area (Å²) in [6, 6.07) is 8.68. The molecule has 2 aliphatic heterocycles. The van der Waals surface area contributed by atoms with Crippen molar-refractivity contribution in [2.45, 2.75) is 63.7 Å². The largest absolute Gasteiger partial charge is 0.414 e. The summed E-state index contributed by atoms with van der Waals surface area (Å²) in [5, 5.41) is 0. The highest BCUT2D eigenvalue weighted by Crippen LogP contribution is 2.60. The normalized spacial score (nSPS) is 32.6. The Labute approximate surface area is 152 Å². The first-order chi connectivity index (χ1) is 11.9. The summed E-state index contributed by atoms with van der Waals surface area (Å²) in [6.07, 6.45) is 2.74. The predicted molar refractivity (Wildman–Crippen MR) is 97.6 cm³/mol. The van der Waals surface area contributed by atoms with Gasteiger partial charge in [-0.2, -0.15) is 0 Å². The van der Waals surface area contributed by atoms with Gasteiger partial charge < -0.3 is 18.6 Å². The van der Waals surface area contributed by atoms with Crippen molar-refractivity contribution in [1.82, 2.24) is 0 Å². The molecule has 1 radical (unpaired) electrons. The van der Waals surface area contributed by atoms with Gasteiger partial charge in [-0.25, -0.2) is 0 Å². The Morgan fingerprint density at radius 2 is 1.84 bits per heavy atom. The van der Waals surface area contributed by atoms with Crippen LogP contribution >= 0.6 is 0 Å². The minimum atomic E-state index is -0.725. The average Bonchev–Trinajstić information content (AvgIpc) is 3.15. The van der Waals surface area contributed by atoms with Gasteiger partial charge in [0.1, 0.15) is 6.10 Å². The summed E-state index contributed by atoms with van der Waals surface area (Å²) in [5.74, 6) is -0.450. The van der Waals surface area contributed by atoms with Crippen molar-refractivity contribution in [3.63, 3.8) is 0 Å². The molecule has 1 saturated carbocycles. The van der Waals surface area contributed by atoms with Crippen molar-refractivity contribution in [1.29, 1.82) is 0 Å². The maximum Gasteiger partial charge on any atom is 0.205 e. The van der Waals surface area contributed by atoms with Crippen molar-refractivity contribution < 1.29 is 18.6 Å². The number of ether oxygens (including phenoxy) is 3. The minimum absolute atomic E-state index is 0.0337. The molecule has 4 nitrogen and oxygen atoms in total. The fraction of sp³-hybridized carbons (Fsp3) is 0.700. The fourth-order valence-electron chi connectivity index (χ4n) is 4.92. The molecule has 2 spiro atoms. The number of hydrogen-bond acceptors (Lipinski definition) is 4. The van der Waals surface area contributed by atoms with Gasteiger partial charge in [0, 0.05) is 11.8 Å². The molecular weight excluding hydrogens is 332 g/mol. The summed E-state index contributed by atoms with van der Waals surface area (Å²) in [5.41, 5.74) is 2.29. The summed E-state index contributed by atoms with van der Waals surface area (Å²) in [6.45, 7) is 10.9. The second kappa shape index (κ2) is 6.17. The molecule has 0 N–H and O–H groups in total. The SMILES string of the molecule is C[Si](C)OCC1OC2(CCC3(OCCO3)C(C)(C)C2)c2ccccc21. The molecule has 0 bridgehead atoms. The maximum absolute atomic E-state index is 6.73. The third-order valence-electron chi connectivity index (χ3n) is 6.06. The van der Waals surface area contributed by atoms with E-state index in [-0.39, 0.29) is 17.1 Å². The lowest BCUT2D eigenvalue weighted by atomic mass is 9.63. The molecule has 2 atom stereocenters. The van der Waals surface area contributed by atoms with Crippen LogP contribution in [-0.4, -0.2) is 34.6 Å². The molecule has 4 rings (SSSR count). The first kappa shape index (κ1) is 17.7. The van der Waals surface area contributed by atoms with Crippen molar-refractivity contribution in [2.75, 3.05) is 19.8 Å². The zero-order chi connectivity index (χ0) is 17.7. The lowest BCUT2D eigenvalue weighted by molar-refractivity contribution is -0.281. The van der Waals surface area contributed by atoms with Crippen LogP contribution in [0.5, 0.6) is 0 Å². The quantitative estimate of drug-likeness (QED) is 0.757. The van der Waals surface area contributed by atoms with E-state index in [1.165, 1.54) is 11.1 Å². The molecule has 2 fully saturated rings. The van der Waals surface area contributed by atoms with Crippen molar-refractivity contribution in [2.24, 2.45) is 5.41 Å². The summed E-state index contributed by atoms with van der Waals surface area (Å²) in [4.78, 5) is 0. The monoisotopic (exact) mass is 361 g/mol. The topological polar surface area (TPSA) is 36.9 Å². The third-order valence-corrected chi connectivity index (χ3v) is 6.80. The molecular formula is C20H29O4Si. The molecule has 1 aliphatic carbocycles. The van der Waals surface area contributed by atoms with Crippen molar-refractivity contribution >= 4 is 9.04 Å². The van der Waals surface area contributed by atoms with E-state index >= 15 is 0 Å². The van der Waals surface area contributed by atoms with Gasteiger partial charge in [-0.3, -0.25) is 0 Å². The lowest BCUT2D eigenvalue weighted by Gasteiger charge is -2.52. The van der Waals surface area contributed by atoms with Gasteiger partial charge in [-0.05, 0) is 37.1 Å². The van der Waals surface area contributed by atoms with Gasteiger partial charge in [0.05, 0.1) is 25.4 Å². The second-order valence-corrected chi connectivity index (χ2v) is 10.5. The Hall–Kier alpha value is -0.723. The first-order valence-electron chi connectivity index (χ1n) is 9.36. The Morgan fingerprint density at radius 1 is 1.12 bits per heavy atom.